The molecule has 7 nitrogen and oxygen atoms in total. The number of halogens is 2. The third-order valence-electron chi connectivity index (χ3n) is 6.26. The standard InChI is InChI=1S/C29H33Cl2N3O4S/c1-19(2)32-29(36)22(5)33(17-23-11-13-24(30)14-12-23)28(35)18-34(27-8-6-7-26(31)21(27)4)39(37,38)25-15-9-20(3)10-16-25/h6-16,19,22H,17-18H2,1-5H3,(H,32,36)/t22-/m0/s1. The van der Waals surface area contributed by atoms with Crippen LogP contribution in [-0.2, 0) is 26.2 Å². The summed E-state index contributed by atoms with van der Waals surface area (Å²) in [5, 5.41) is 3.74. The van der Waals surface area contributed by atoms with Crippen LogP contribution in [0, 0.1) is 13.8 Å². The number of aryl methyl sites for hydroxylation is 1. The molecule has 1 N–H and O–H groups in total. The topological polar surface area (TPSA) is 86.8 Å². The Kier molecular flexibility index (Phi) is 10.0. The summed E-state index contributed by atoms with van der Waals surface area (Å²) >= 11 is 12.4. The predicted octanol–water partition coefficient (Wildman–Crippen LogP) is 5.75. The molecule has 0 fully saturated rings. The Morgan fingerprint density at radius 1 is 0.897 bits per heavy atom. The van der Waals surface area contributed by atoms with E-state index in [1.54, 1.807) is 68.4 Å². The normalized spacial score (nSPS) is 12.2. The second-order valence-corrected chi connectivity index (χ2v) is 12.4. The van der Waals surface area contributed by atoms with Crippen molar-refractivity contribution in [1.82, 2.24) is 10.2 Å². The highest BCUT2D eigenvalue weighted by atomic mass is 35.5. The van der Waals surface area contributed by atoms with Gasteiger partial charge in [-0.2, -0.15) is 0 Å². The first kappa shape index (κ1) is 30.5. The van der Waals surface area contributed by atoms with E-state index in [0.717, 1.165) is 15.4 Å². The molecule has 0 spiro atoms. The second kappa shape index (κ2) is 12.9. The van der Waals surface area contributed by atoms with E-state index in [2.05, 4.69) is 5.32 Å². The molecule has 0 aliphatic carbocycles. The molecule has 3 aromatic carbocycles. The third kappa shape index (κ3) is 7.53. The fraction of sp³-hybridized carbons (Fsp3) is 0.310. The highest BCUT2D eigenvalue weighted by Gasteiger charge is 2.33. The van der Waals surface area contributed by atoms with Gasteiger partial charge in [0.25, 0.3) is 10.0 Å². The summed E-state index contributed by atoms with van der Waals surface area (Å²) < 4.78 is 28.9. The molecule has 0 unspecified atom stereocenters. The first-order chi connectivity index (χ1) is 18.3. The van der Waals surface area contributed by atoms with Crippen LogP contribution in [0.5, 0.6) is 0 Å². The number of amides is 2. The van der Waals surface area contributed by atoms with Crippen molar-refractivity contribution in [2.45, 2.75) is 58.1 Å². The monoisotopic (exact) mass is 589 g/mol. The first-order valence-corrected chi connectivity index (χ1v) is 14.7. The number of sulfonamides is 1. The van der Waals surface area contributed by atoms with Crippen LogP contribution in [0.3, 0.4) is 0 Å². The Balaban J connectivity index is 2.07. The summed E-state index contributed by atoms with van der Waals surface area (Å²) in [5.74, 6) is -0.898. The molecular formula is C29H33Cl2N3O4S. The van der Waals surface area contributed by atoms with Crippen molar-refractivity contribution in [2.24, 2.45) is 0 Å². The van der Waals surface area contributed by atoms with Gasteiger partial charge in [0.2, 0.25) is 11.8 Å². The Bertz CT molecular complexity index is 1430. The maximum absolute atomic E-state index is 13.9. The lowest BCUT2D eigenvalue weighted by Gasteiger charge is -2.32. The van der Waals surface area contributed by atoms with E-state index in [-0.39, 0.29) is 29.1 Å². The Morgan fingerprint density at radius 3 is 2.10 bits per heavy atom. The quantitative estimate of drug-likeness (QED) is 0.326. The zero-order valence-electron chi connectivity index (χ0n) is 22.6. The van der Waals surface area contributed by atoms with Crippen LogP contribution in [0.15, 0.2) is 71.6 Å². The molecule has 10 heteroatoms. The molecule has 0 radical (unpaired) electrons. The van der Waals surface area contributed by atoms with Gasteiger partial charge < -0.3 is 10.2 Å². The van der Waals surface area contributed by atoms with E-state index in [1.807, 2.05) is 20.8 Å². The minimum absolute atomic E-state index is 0.0372. The van der Waals surface area contributed by atoms with E-state index in [4.69, 9.17) is 23.2 Å². The van der Waals surface area contributed by atoms with Gasteiger partial charge in [0.15, 0.2) is 0 Å². The fourth-order valence-corrected chi connectivity index (χ4v) is 5.76. The summed E-state index contributed by atoms with van der Waals surface area (Å²) in [6.45, 7) is 8.37. The molecule has 0 saturated heterocycles. The molecule has 208 valence electrons. The van der Waals surface area contributed by atoms with Gasteiger partial charge in [-0.25, -0.2) is 8.42 Å². The van der Waals surface area contributed by atoms with Crippen molar-refractivity contribution in [3.63, 3.8) is 0 Å². The molecule has 0 aliphatic rings. The van der Waals surface area contributed by atoms with E-state index in [1.165, 1.54) is 17.0 Å². The van der Waals surface area contributed by atoms with E-state index >= 15 is 0 Å². The summed E-state index contributed by atoms with van der Waals surface area (Å²) in [6, 6.07) is 17.2. The molecule has 2 amide bonds. The van der Waals surface area contributed by atoms with Crippen molar-refractivity contribution in [2.75, 3.05) is 10.8 Å². The largest absolute Gasteiger partial charge is 0.352 e. The van der Waals surface area contributed by atoms with Crippen molar-refractivity contribution < 1.29 is 18.0 Å². The average Bonchev–Trinajstić information content (AvgIpc) is 2.88. The molecule has 39 heavy (non-hydrogen) atoms. The maximum atomic E-state index is 13.9. The number of hydrogen-bond acceptors (Lipinski definition) is 4. The lowest BCUT2D eigenvalue weighted by molar-refractivity contribution is -0.139. The van der Waals surface area contributed by atoms with Gasteiger partial charge in [0, 0.05) is 22.6 Å². The molecule has 0 heterocycles. The lowest BCUT2D eigenvalue weighted by Crippen LogP contribution is -2.52. The van der Waals surface area contributed by atoms with Crippen molar-refractivity contribution >= 4 is 50.7 Å². The van der Waals surface area contributed by atoms with Gasteiger partial charge in [-0.15, -0.1) is 0 Å². The van der Waals surface area contributed by atoms with Crippen LogP contribution >= 0.6 is 23.2 Å². The first-order valence-electron chi connectivity index (χ1n) is 12.5. The van der Waals surface area contributed by atoms with E-state index < -0.39 is 28.5 Å². The summed E-state index contributed by atoms with van der Waals surface area (Å²) in [6.07, 6.45) is 0. The Hall–Kier alpha value is -3.07. The van der Waals surface area contributed by atoms with Gasteiger partial charge in [-0.1, -0.05) is 59.1 Å². The number of anilines is 1. The number of hydrogen-bond donors (Lipinski definition) is 1. The highest BCUT2D eigenvalue weighted by Crippen LogP contribution is 2.31. The average molecular weight is 591 g/mol. The van der Waals surface area contributed by atoms with Crippen LogP contribution in [0.4, 0.5) is 5.69 Å². The van der Waals surface area contributed by atoms with Crippen LogP contribution in [0.25, 0.3) is 0 Å². The second-order valence-electron chi connectivity index (χ2n) is 9.70. The number of nitrogens with zero attached hydrogens (tertiary/aromatic N) is 2. The van der Waals surface area contributed by atoms with Gasteiger partial charge in [-0.3, -0.25) is 13.9 Å². The van der Waals surface area contributed by atoms with Gasteiger partial charge in [0.05, 0.1) is 10.6 Å². The minimum atomic E-state index is -4.17. The Morgan fingerprint density at radius 2 is 1.51 bits per heavy atom. The number of carbonyl (C=O) groups is 2. The van der Waals surface area contributed by atoms with Crippen molar-refractivity contribution in [1.29, 1.82) is 0 Å². The molecule has 0 aliphatic heterocycles. The van der Waals surface area contributed by atoms with Crippen LogP contribution < -0.4 is 9.62 Å². The SMILES string of the molecule is Cc1ccc(S(=O)(=O)N(CC(=O)N(Cc2ccc(Cl)cc2)[C@@H](C)C(=O)NC(C)C)c2cccc(Cl)c2C)cc1. The summed E-state index contributed by atoms with van der Waals surface area (Å²) in [7, 11) is -4.17. The third-order valence-corrected chi connectivity index (χ3v) is 8.70. The number of carbonyl (C=O) groups excluding carboxylic acids is 2. The number of rotatable bonds is 10. The highest BCUT2D eigenvalue weighted by molar-refractivity contribution is 7.92. The maximum Gasteiger partial charge on any atom is 0.264 e. The zero-order valence-corrected chi connectivity index (χ0v) is 24.9. The fourth-order valence-electron chi connectivity index (χ4n) is 3.99. The Labute approximate surface area is 240 Å². The minimum Gasteiger partial charge on any atom is -0.352 e. The van der Waals surface area contributed by atoms with Crippen molar-refractivity contribution in [3.8, 4) is 0 Å². The molecule has 3 aromatic rings. The predicted molar refractivity (Wildman–Crippen MR) is 157 cm³/mol. The van der Waals surface area contributed by atoms with Crippen LogP contribution in [-0.4, -0.2) is 43.8 Å². The zero-order chi connectivity index (χ0) is 28.9. The lowest BCUT2D eigenvalue weighted by atomic mass is 10.1. The summed E-state index contributed by atoms with van der Waals surface area (Å²) in [5.41, 5.74) is 2.43. The van der Waals surface area contributed by atoms with Gasteiger partial charge in [-0.05, 0) is 82.1 Å². The summed E-state index contributed by atoms with van der Waals surface area (Å²) in [4.78, 5) is 28.3. The molecule has 0 bridgehead atoms. The van der Waals surface area contributed by atoms with E-state index in [9.17, 15) is 18.0 Å². The van der Waals surface area contributed by atoms with Crippen LogP contribution in [0.1, 0.15) is 37.5 Å². The molecule has 0 aromatic heterocycles. The molecule has 1 atom stereocenters. The number of benzene rings is 3. The van der Waals surface area contributed by atoms with Crippen LogP contribution in [0.2, 0.25) is 10.0 Å². The van der Waals surface area contributed by atoms with E-state index in [0.29, 0.717) is 15.6 Å². The van der Waals surface area contributed by atoms with Gasteiger partial charge in [0.1, 0.15) is 12.6 Å². The van der Waals surface area contributed by atoms with Gasteiger partial charge >= 0.3 is 0 Å². The van der Waals surface area contributed by atoms with Crippen molar-refractivity contribution in [3.05, 3.63) is 93.5 Å². The number of nitrogens with one attached hydrogen (secondary N) is 1. The molecular weight excluding hydrogens is 557 g/mol. The molecule has 3 rings (SSSR count). The smallest absolute Gasteiger partial charge is 0.264 e. The molecule has 0 saturated carbocycles.